The predicted octanol–water partition coefficient (Wildman–Crippen LogP) is 5.00. The summed E-state index contributed by atoms with van der Waals surface area (Å²) in [4.78, 5) is 0.260. The zero-order valence-corrected chi connectivity index (χ0v) is 18.5. The van der Waals surface area contributed by atoms with Crippen LogP contribution in [0.5, 0.6) is 5.75 Å². The van der Waals surface area contributed by atoms with Gasteiger partial charge in [0, 0.05) is 6.54 Å². The molecule has 2 aromatic carbocycles. The molecule has 0 saturated carbocycles. The molecule has 1 N–H and O–H groups in total. The van der Waals surface area contributed by atoms with Crippen molar-refractivity contribution in [3.63, 3.8) is 0 Å². The van der Waals surface area contributed by atoms with Gasteiger partial charge in [0.2, 0.25) is 10.0 Å². The topological polar surface area (TPSA) is 77.8 Å². The molecule has 0 spiro atoms. The number of alkyl halides is 2. The third kappa shape index (κ3) is 6.28. The second-order valence-corrected chi connectivity index (χ2v) is 9.39. The first-order valence-electron chi connectivity index (χ1n) is 10.3. The van der Waals surface area contributed by atoms with Crippen molar-refractivity contribution in [1.82, 2.24) is 4.72 Å². The molecule has 3 aromatic rings. The van der Waals surface area contributed by atoms with Crippen molar-refractivity contribution in [3.05, 3.63) is 93.8 Å². The van der Waals surface area contributed by atoms with E-state index in [0.29, 0.717) is 25.2 Å². The van der Waals surface area contributed by atoms with E-state index >= 15 is 0 Å². The first kappa shape index (κ1) is 23.2. The van der Waals surface area contributed by atoms with Gasteiger partial charge in [-0.2, -0.15) is 8.78 Å². The second-order valence-electron chi connectivity index (χ2n) is 7.57. The van der Waals surface area contributed by atoms with Gasteiger partial charge in [0.05, 0.1) is 17.8 Å². The minimum Gasteiger partial charge on any atom is -0.467 e. The Morgan fingerprint density at radius 1 is 1.00 bits per heavy atom. The van der Waals surface area contributed by atoms with E-state index in [1.807, 2.05) is 30.3 Å². The normalized spacial score (nSPS) is 13.6. The largest absolute Gasteiger partial charge is 0.467 e. The van der Waals surface area contributed by atoms with Crippen LogP contribution in [0.1, 0.15) is 34.4 Å². The highest BCUT2D eigenvalue weighted by Crippen LogP contribution is 2.30. The monoisotopic (exact) mass is 475 g/mol. The Morgan fingerprint density at radius 3 is 2.64 bits per heavy atom. The maximum atomic E-state index is 12.8. The lowest BCUT2D eigenvalue weighted by Gasteiger charge is -2.18. The Morgan fingerprint density at radius 2 is 1.85 bits per heavy atom. The lowest BCUT2D eigenvalue weighted by molar-refractivity contribution is -0.0498. The maximum absolute atomic E-state index is 12.8. The number of sulfonamides is 1. The van der Waals surface area contributed by atoms with E-state index in [-0.39, 0.29) is 23.6 Å². The van der Waals surface area contributed by atoms with Crippen LogP contribution in [0.2, 0.25) is 0 Å². The van der Waals surface area contributed by atoms with Gasteiger partial charge in [-0.1, -0.05) is 30.3 Å². The summed E-state index contributed by atoms with van der Waals surface area (Å²) in [6.45, 7) is -2.03. The van der Waals surface area contributed by atoms with Gasteiger partial charge in [-0.05, 0) is 65.4 Å². The molecule has 6 nitrogen and oxygen atoms in total. The average molecular weight is 476 g/mol. The zero-order chi connectivity index (χ0) is 23.3. The number of nitrogens with one attached hydrogen (secondary N) is 1. The van der Waals surface area contributed by atoms with Crippen LogP contribution in [0, 0.1) is 0 Å². The van der Waals surface area contributed by atoms with Gasteiger partial charge in [0.1, 0.15) is 18.1 Å². The van der Waals surface area contributed by atoms with Crippen LogP contribution in [0.25, 0.3) is 6.08 Å². The van der Waals surface area contributed by atoms with Gasteiger partial charge in [-0.25, -0.2) is 13.1 Å². The van der Waals surface area contributed by atoms with Crippen LogP contribution in [0.3, 0.4) is 0 Å². The summed E-state index contributed by atoms with van der Waals surface area (Å²) in [5, 5.41) is 0. The summed E-state index contributed by atoms with van der Waals surface area (Å²) < 4.78 is 68.4. The maximum Gasteiger partial charge on any atom is 0.387 e. The average Bonchev–Trinajstić information content (AvgIpc) is 3.31. The van der Waals surface area contributed by atoms with Gasteiger partial charge in [0.25, 0.3) is 0 Å². The van der Waals surface area contributed by atoms with E-state index in [9.17, 15) is 17.2 Å². The molecule has 0 saturated heterocycles. The fraction of sp³-hybridized carbons (Fsp3) is 0.250. The van der Waals surface area contributed by atoms with Gasteiger partial charge >= 0.3 is 6.61 Å². The lowest BCUT2D eigenvalue weighted by atomic mass is 9.97. The van der Waals surface area contributed by atoms with E-state index in [1.165, 1.54) is 12.1 Å². The first-order chi connectivity index (χ1) is 15.9. The van der Waals surface area contributed by atoms with E-state index in [1.54, 1.807) is 24.5 Å². The smallest absolute Gasteiger partial charge is 0.387 e. The van der Waals surface area contributed by atoms with Gasteiger partial charge in [-0.3, -0.25) is 0 Å². The number of hydrogen-bond acceptors (Lipinski definition) is 5. The quantitative estimate of drug-likeness (QED) is 0.446. The molecule has 1 aliphatic rings. The number of rotatable bonds is 10. The molecule has 0 radical (unpaired) electrons. The zero-order valence-electron chi connectivity index (χ0n) is 17.7. The highest BCUT2D eigenvalue weighted by molar-refractivity contribution is 7.93. The highest BCUT2D eigenvalue weighted by Gasteiger charge is 2.22. The number of ether oxygens (including phenoxy) is 2. The van der Waals surface area contributed by atoms with Crippen LogP contribution in [0.15, 0.2) is 70.2 Å². The molecule has 0 bridgehead atoms. The summed E-state index contributed by atoms with van der Waals surface area (Å²) in [6, 6.07) is 15.6. The van der Waals surface area contributed by atoms with Crippen molar-refractivity contribution < 1.29 is 31.1 Å². The Labute approximate surface area is 190 Å². The standard InChI is InChI=1S/C24H23F2NO5S/c25-24(26)32-21-8-6-20-13-23(9-7-19(20)12-21)33(28,29)27-14-17-3-1-4-18(11-17)15-30-16-22-5-2-10-31-22/h1-6,8,10-13,24,27H,7,9,14-16H2. The Balaban J connectivity index is 1.36. The predicted molar refractivity (Wildman–Crippen MR) is 119 cm³/mol. The molecule has 0 unspecified atom stereocenters. The highest BCUT2D eigenvalue weighted by atomic mass is 32.2. The molecule has 174 valence electrons. The van der Waals surface area contributed by atoms with Crippen molar-refractivity contribution in [2.45, 2.75) is 39.2 Å². The molecule has 0 atom stereocenters. The summed E-state index contributed by atoms with van der Waals surface area (Å²) in [5.74, 6) is 0.800. The molecule has 1 heterocycles. The molecule has 4 rings (SSSR count). The number of allylic oxidation sites excluding steroid dienone is 1. The molecule has 0 fully saturated rings. The molecule has 0 aliphatic heterocycles. The van der Waals surface area contributed by atoms with Crippen LogP contribution in [-0.4, -0.2) is 15.0 Å². The fourth-order valence-electron chi connectivity index (χ4n) is 3.60. The van der Waals surface area contributed by atoms with Gasteiger partial charge < -0.3 is 13.9 Å². The van der Waals surface area contributed by atoms with Crippen molar-refractivity contribution in [2.24, 2.45) is 0 Å². The van der Waals surface area contributed by atoms with E-state index < -0.39 is 16.6 Å². The van der Waals surface area contributed by atoms with Crippen LogP contribution < -0.4 is 9.46 Å². The van der Waals surface area contributed by atoms with Crippen molar-refractivity contribution in [3.8, 4) is 5.75 Å². The van der Waals surface area contributed by atoms with Crippen LogP contribution in [0.4, 0.5) is 8.78 Å². The first-order valence-corrected chi connectivity index (χ1v) is 11.8. The number of hydrogen-bond donors (Lipinski definition) is 1. The number of benzene rings is 2. The third-order valence-electron chi connectivity index (χ3n) is 5.19. The minimum atomic E-state index is -3.70. The number of furan rings is 1. The lowest BCUT2D eigenvalue weighted by Crippen LogP contribution is -2.25. The summed E-state index contributed by atoms with van der Waals surface area (Å²) in [6.07, 6.45) is 3.86. The summed E-state index contributed by atoms with van der Waals surface area (Å²) in [7, 11) is -3.70. The Kier molecular flexibility index (Phi) is 7.22. The SMILES string of the molecule is O=S(=O)(NCc1cccc(COCc2ccco2)c1)C1=Cc2ccc(OC(F)F)cc2CC1. The number of fused-ring (bicyclic) bond motifs is 1. The molecule has 33 heavy (non-hydrogen) atoms. The molecular formula is C24H23F2NO5S. The molecule has 0 amide bonds. The number of halogens is 2. The van der Waals surface area contributed by atoms with E-state index in [4.69, 9.17) is 9.15 Å². The van der Waals surface area contributed by atoms with Gasteiger partial charge in [0.15, 0.2) is 0 Å². The van der Waals surface area contributed by atoms with E-state index in [0.717, 1.165) is 22.5 Å². The molecule has 1 aliphatic carbocycles. The van der Waals surface area contributed by atoms with Crippen molar-refractivity contribution in [2.75, 3.05) is 0 Å². The van der Waals surface area contributed by atoms with Gasteiger partial charge in [-0.15, -0.1) is 0 Å². The van der Waals surface area contributed by atoms with Crippen LogP contribution >= 0.6 is 0 Å². The summed E-state index contributed by atoms with van der Waals surface area (Å²) >= 11 is 0. The summed E-state index contributed by atoms with van der Waals surface area (Å²) in [5.41, 5.74) is 3.18. The molecule has 9 heteroatoms. The second kappa shape index (κ2) is 10.3. The van der Waals surface area contributed by atoms with E-state index in [2.05, 4.69) is 9.46 Å². The van der Waals surface area contributed by atoms with Crippen molar-refractivity contribution in [1.29, 1.82) is 0 Å². The van der Waals surface area contributed by atoms with Crippen molar-refractivity contribution >= 4 is 16.1 Å². The van der Waals surface area contributed by atoms with Crippen LogP contribution in [-0.2, 0) is 40.9 Å². The Bertz CT molecular complexity index is 1220. The number of aryl methyl sites for hydroxylation is 1. The minimum absolute atomic E-state index is 0.0644. The third-order valence-corrected chi connectivity index (χ3v) is 6.73. The fourth-order valence-corrected chi connectivity index (χ4v) is 4.79. The molecule has 1 aromatic heterocycles. The Hall–Kier alpha value is -3.01. The molecular weight excluding hydrogens is 452 g/mol.